The van der Waals surface area contributed by atoms with E-state index in [1.54, 1.807) is 0 Å². The molecule has 3 N–H and O–H groups in total. The summed E-state index contributed by atoms with van der Waals surface area (Å²) in [5.74, 6) is 0.748. The molecule has 1 aromatic carbocycles. The molecule has 154 valence electrons. The number of benzene rings is 1. The third kappa shape index (κ3) is 12.6. The highest BCUT2D eigenvalue weighted by molar-refractivity contribution is 14.0. The van der Waals surface area contributed by atoms with Crippen LogP contribution in [-0.2, 0) is 21.1 Å². The number of hydrogen-bond acceptors (Lipinski definition) is 4. The third-order valence-corrected chi connectivity index (χ3v) is 4.57. The molecule has 0 fully saturated rings. The molecule has 0 bridgehead atoms. The van der Waals surface area contributed by atoms with Gasteiger partial charge >= 0.3 is 0 Å². The van der Waals surface area contributed by atoms with Crippen LogP contribution in [-0.4, -0.2) is 51.4 Å². The first-order valence-electron chi connectivity index (χ1n) is 8.78. The van der Waals surface area contributed by atoms with Crippen LogP contribution in [0.1, 0.15) is 32.8 Å². The summed E-state index contributed by atoms with van der Waals surface area (Å²) in [7, 11) is -2.96. The van der Waals surface area contributed by atoms with E-state index in [2.05, 4.69) is 20.9 Å². The molecule has 1 atom stereocenters. The topological polar surface area (TPSA) is 99.7 Å². The van der Waals surface area contributed by atoms with E-state index >= 15 is 0 Å². The van der Waals surface area contributed by atoms with E-state index in [1.165, 1.54) is 13.2 Å². The van der Waals surface area contributed by atoms with Crippen LogP contribution in [0.25, 0.3) is 0 Å². The predicted octanol–water partition coefficient (Wildman–Crippen LogP) is 2.18. The number of aliphatic imine (C=N–C) groups is 1. The first-order valence-corrected chi connectivity index (χ1v) is 10.8. The van der Waals surface area contributed by atoms with E-state index in [-0.39, 0.29) is 41.7 Å². The SMILES string of the molecule is CCNC(=NCCc1ccc(NC(C)=O)cc1)NC(C)CCS(C)(=O)=O.I. The lowest BCUT2D eigenvalue weighted by Crippen LogP contribution is -2.43. The van der Waals surface area contributed by atoms with Crippen molar-refractivity contribution in [3.8, 4) is 0 Å². The second-order valence-electron chi connectivity index (χ2n) is 6.35. The van der Waals surface area contributed by atoms with Gasteiger partial charge in [0.15, 0.2) is 5.96 Å². The predicted molar refractivity (Wildman–Crippen MR) is 123 cm³/mol. The number of anilines is 1. The van der Waals surface area contributed by atoms with Crippen molar-refractivity contribution in [1.82, 2.24) is 10.6 Å². The number of guanidine groups is 1. The lowest BCUT2D eigenvalue weighted by atomic mass is 10.1. The highest BCUT2D eigenvalue weighted by atomic mass is 127. The second-order valence-corrected chi connectivity index (χ2v) is 8.61. The van der Waals surface area contributed by atoms with Gasteiger partial charge in [0.2, 0.25) is 5.91 Å². The summed E-state index contributed by atoms with van der Waals surface area (Å²) < 4.78 is 22.5. The molecule has 0 saturated heterocycles. The molecule has 0 radical (unpaired) electrons. The fraction of sp³-hybridized carbons (Fsp3) is 0.556. The Kier molecular flexibility index (Phi) is 12.3. The zero-order valence-corrected chi connectivity index (χ0v) is 19.6. The highest BCUT2D eigenvalue weighted by Gasteiger charge is 2.09. The Morgan fingerprint density at radius 2 is 1.85 bits per heavy atom. The van der Waals surface area contributed by atoms with Crippen molar-refractivity contribution in [2.75, 3.05) is 30.4 Å². The number of rotatable bonds is 9. The standard InChI is InChI=1S/C18H30N4O3S.HI/c1-5-19-18(21-14(2)11-13-26(4,24)25)20-12-10-16-6-8-17(9-7-16)22-15(3)23;/h6-9,14H,5,10-13H2,1-4H3,(H,22,23)(H2,19,20,21);1H. The molecule has 1 amide bonds. The molecule has 27 heavy (non-hydrogen) atoms. The molecule has 0 heterocycles. The maximum absolute atomic E-state index is 11.3. The van der Waals surface area contributed by atoms with E-state index in [1.807, 2.05) is 38.1 Å². The normalized spacial score (nSPS) is 12.7. The van der Waals surface area contributed by atoms with E-state index in [4.69, 9.17) is 0 Å². The van der Waals surface area contributed by atoms with Gasteiger partial charge in [0.25, 0.3) is 0 Å². The second kappa shape index (κ2) is 12.9. The fourth-order valence-electron chi connectivity index (χ4n) is 2.27. The molecule has 9 heteroatoms. The molecule has 1 unspecified atom stereocenters. The Labute approximate surface area is 179 Å². The van der Waals surface area contributed by atoms with Gasteiger partial charge in [-0.05, 0) is 44.4 Å². The number of halogens is 1. The zero-order valence-electron chi connectivity index (χ0n) is 16.4. The number of carbonyl (C=O) groups is 1. The third-order valence-electron chi connectivity index (χ3n) is 3.59. The zero-order chi connectivity index (χ0) is 19.6. The largest absolute Gasteiger partial charge is 0.357 e. The summed E-state index contributed by atoms with van der Waals surface area (Å²) >= 11 is 0. The Bertz CT molecular complexity index is 706. The van der Waals surface area contributed by atoms with Crippen LogP contribution in [0.2, 0.25) is 0 Å². The minimum absolute atomic E-state index is 0. The summed E-state index contributed by atoms with van der Waals surface area (Å²) in [4.78, 5) is 15.6. The molecule has 0 spiro atoms. The molecule has 0 saturated carbocycles. The van der Waals surface area contributed by atoms with Crippen molar-refractivity contribution in [1.29, 1.82) is 0 Å². The number of nitrogens with one attached hydrogen (secondary N) is 3. The number of nitrogens with zero attached hydrogens (tertiary/aromatic N) is 1. The van der Waals surface area contributed by atoms with Crippen LogP contribution < -0.4 is 16.0 Å². The molecule has 7 nitrogen and oxygen atoms in total. The van der Waals surface area contributed by atoms with Gasteiger partial charge in [-0.3, -0.25) is 9.79 Å². The van der Waals surface area contributed by atoms with Crippen molar-refractivity contribution >= 4 is 51.4 Å². The molecular formula is C18H31IN4O3S. The van der Waals surface area contributed by atoms with Crippen molar-refractivity contribution in [2.24, 2.45) is 4.99 Å². The van der Waals surface area contributed by atoms with Crippen LogP contribution in [0.4, 0.5) is 5.69 Å². The minimum atomic E-state index is -2.96. The molecular weight excluding hydrogens is 479 g/mol. The van der Waals surface area contributed by atoms with Gasteiger partial charge in [0, 0.05) is 38.0 Å². The van der Waals surface area contributed by atoms with Crippen LogP contribution in [0.5, 0.6) is 0 Å². The Hall–Kier alpha value is -1.36. The summed E-state index contributed by atoms with van der Waals surface area (Å²) in [5.41, 5.74) is 1.91. The van der Waals surface area contributed by atoms with E-state index in [9.17, 15) is 13.2 Å². The van der Waals surface area contributed by atoms with Crippen LogP contribution in [0.15, 0.2) is 29.3 Å². The smallest absolute Gasteiger partial charge is 0.221 e. The molecule has 0 aliphatic carbocycles. The van der Waals surface area contributed by atoms with Gasteiger partial charge in [-0.2, -0.15) is 0 Å². The molecule has 0 aliphatic rings. The average Bonchev–Trinajstić information content (AvgIpc) is 2.53. The van der Waals surface area contributed by atoms with Crippen molar-refractivity contribution in [3.63, 3.8) is 0 Å². The van der Waals surface area contributed by atoms with Crippen LogP contribution in [0, 0.1) is 0 Å². The van der Waals surface area contributed by atoms with Gasteiger partial charge < -0.3 is 16.0 Å². The Morgan fingerprint density at radius 1 is 1.22 bits per heavy atom. The van der Waals surface area contributed by atoms with Gasteiger partial charge in [-0.15, -0.1) is 24.0 Å². The monoisotopic (exact) mass is 510 g/mol. The van der Waals surface area contributed by atoms with Crippen molar-refractivity contribution < 1.29 is 13.2 Å². The molecule has 0 aliphatic heterocycles. The van der Waals surface area contributed by atoms with E-state index in [0.29, 0.717) is 18.9 Å². The number of hydrogen-bond donors (Lipinski definition) is 3. The first-order chi connectivity index (χ1) is 12.2. The summed E-state index contributed by atoms with van der Waals surface area (Å²) in [6.45, 7) is 6.75. The first kappa shape index (κ1) is 25.6. The van der Waals surface area contributed by atoms with Crippen LogP contribution in [0.3, 0.4) is 0 Å². The fourth-order valence-corrected chi connectivity index (χ4v) is 3.05. The summed E-state index contributed by atoms with van der Waals surface area (Å²) in [5, 5.41) is 9.14. The summed E-state index contributed by atoms with van der Waals surface area (Å²) in [6.07, 6.45) is 2.55. The van der Waals surface area contributed by atoms with E-state index < -0.39 is 9.84 Å². The Morgan fingerprint density at radius 3 is 2.37 bits per heavy atom. The average molecular weight is 510 g/mol. The quantitative estimate of drug-likeness (QED) is 0.269. The lowest BCUT2D eigenvalue weighted by molar-refractivity contribution is -0.114. The highest BCUT2D eigenvalue weighted by Crippen LogP contribution is 2.10. The lowest BCUT2D eigenvalue weighted by Gasteiger charge is -2.17. The van der Waals surface area contributed by atoms with Gasteiger partial charge in [0.05, 0.1) is 5.75 Å². The van der Waals surface area contributed by atoms with Crippen molar-refractivity contribution in [3.05, 3.63) is 29.8 Å². The van der Waals surface area contributed by atoms with Crippen molar-refractivity contribution in [2.45, 2.75) is 39.7 Å². The van der Waals surface area contributed by atoms with Gasteiger partial charge in [0.1, 0.15) is 9.84 Å². The number of sulfone groups is 1. The maximum Gasteiger partial charge on any atom is 0.221 e. The molecule has 1 aromatic rings. The number of amides is 1. The number of carbonyl (C=O) groups excluding carboxylic acids is 1. The molecule has 0 aromatic heterocycles. The maximum atomic E-state index is 11.3. The van der Waals surface area contributed by atoms with E-state index in [0.717, 1.165) is 24.2 Å². The molecule has 1 rings (SSSR count). The Balaban J connectivity index is 0.00000676. The van der Waals surface area contributed by atoms with Gasteiger partial charge in [-0.1, -0.05) is 12.1 Å². The van der Waals surface area contributed by atoms with Gasteiger partial charge in [-0.25, -0.2) is 8.42 Å². The minimum Gasteiger partial charge on any atom is -0.357 e. The van der Waals surface area contributed by atoms with Crippen LogP contribution >= 0.6 is 24.0 Å². The summed E-state index contributed by atoms with van der Waals surface area (Å²) in [6, 6.07) is 7.69.